The van der Waals surface area contributed by atoms with Crippen molar-refractivity contribution in [2.45, 2.75) is 20.0 Å². The van der Waals surface area contributed by atoms with E-state index in [0.717, 1.165) is 32.7 Å². The molecule has 0 aliphatic carbocycles. The van der Waals surface area contributed by atoms with Gasteiger partial charge >= 0.3 is 0 Å². The fraction of sp³-hybridized carbons (Fsp3) is 0.130. The Morgan fingerprint density at radius 1 is 1.16 bits per heavy atom. The van der Waals surface area contributed by atoms with Gasteiger partial charge in [0, 0.05) is 17.0 Å². The summed E-state index contributed by atoms with van der Waals surface area (Å²) in [6.07, 6.45) is 3.14. The van der Waals surface area contributed by atoms with Crippen LogP contribution in [0.15, 0.2) is 67.3 Å². The number of nitrogens with one attached hydrogen (secondary N) is 1. The molecule has 0 atom stereocenters. The highest BCUT2D eigenvalue weighted by atomic mass is 35.5. The van der Waals surface area contributed by atoms with E-state index >= 15 is 0 Å². The van der Waals surface area contributed by atoms with Crippen molar-refractivity contribution in [3.63, 3.8) is 0 Å². The topological polar surface area (TPSA) is 77.6 Å². The SMILES string of the molecule is Cc1nn(Cc2ccccc2Cl)c2sc(C(=O)NCc3ccc(-n4cncn4)cc3)cc12. The van der Waals surface area contributed by atoms with Crippen LogP contribution in [0.25, 0.3) is 15.9 Å². The van der Waals surface area contributed by atoms with E-state index in [0.29, 0.717) is 23.0 Å². The van der Waals surface area contributed by atoms with Crippen molar-refractivity contribution in [2.24, 2.45) is 0 Å². The minimum absolute atomic E-state index is 0.102. The number of fused-ring (bicyclic) bond motifs is 1. The number of thiophene rings is 1. The van der Waals surface area contributed by atoms with E-state index in [9.17, 15) is 4.79 Å². The monoisotopic (exact) mass is 462 g/mol. The predicted octanol–water partition coefficient (Wildman–Crippen LogP) is 4.62. The molecule has 5 aromatic rings. The third-order valence-electron chi connectivity index (χ3n) is 5.18. The fourth-order valence-electron chi connectivity index (χ4n) is 3.50. The first-order chi connectivity index (χ1) is 15.6. The minimum Gasteiger partial charge on any atom is -0.347 e. The second-order valence-corrected chi connectivity index (χ2v) is 8.79. The summed E-state index contributed by atoms with van der Waals surface area (Å²) in [6, 6.07) is 17.5. The molecule has 0 saturated carbocycles. The molecule has 32 heavy (non-hydrogen) atoms. The number of nitrogens with zero attached hydrogens (tertiary/aromatic N) is 5. The van der Waals surface area contributed by atoms with Gasteiger partial charge in [0.05, 0.1) is 22.8 Å². The van der Waals surface area contributed by atoms with E-state index in [1.165, 1.54) is 17.7 Å². The number of aromatic nitrogens is 5. The number of hydrogen-bond donors (Lipinski definition) is 1. The lowest BCUT2D eigenvalue weighted by atomic mass is 10.2. The Hall–Kier alpha value is -3.49. The molecule has 2 aromatic carbocycles. The van der Waals surface area contributed by atoms with Gasteiger partial charge in [-0.05, 0) is 42.3 Å². The molecular weight excluding hydrogens is 444 g/mol. The van der Waals surface area contributed by atoms with Crippen LogP contribution in [0.4, 0.5) is 0 Å². The molecule has 9 heteroatoms. The number of hydrogen-bond acceptors (Lipinski definition) is 5. The summed E-state index contributed by atoms with van der Waals surface area (Å²) < 4.78 is 3.60. The Morgan fingerprint density at radius 2 is 1.97 bits per heavy atom. The minimum atomic E-state index is -0.102. The van der Waals surface area contributed by atoms with Gasteiger partial charge in [-0.2, -0.15) is 10.2 Å². The summed E-state index contributed by atoms with van der Waals surface area (Å²) in [5.74, 6) is -0.102. The van der Waals surface area contributed by atoms with Crippen LogP contribution < -0.4 is 5.32 Å². The lowest BCUT2D eigenvalue weighted by Crippen LogP contribution is -2.21. The molecule has 1 amide bonds. The van der Waals surface area contributed by atoms with Gasteiger partial charge in [0.25, 0.3) is 5.91 Å². The Balaban J connectivity index is 1.30. The second-order valence-electron chi connectivity index (χ2n) is 7.35. The van der Waals surface area contributed by atoms with Gasteiger partial charge in [0.2, 0.25) is 0 Å². The largest absolute Gasteiger partial charge is 0.347 e. The fourth-order valence-corrected chi connectivity index (χ4v) is 4.77. The molecule has 0 radical (unpaired) electrons. The first kappa shape index (κ1) is 20.4. The first-order valence-electron chi connectivity index (χ1n) is 10.0. The van der Waals surface area contributed by atoms with Gasteiger partial charge in [-0.25, -0.2) is 9.67 Å². The van der Waals surface area contributed by atoms with Gasteiger partial charge in [-0.1, -0.05) is 41.9 Å². The van der Waals surface area contributed by atoms with Gasteiger partial charge < -0.3 is 5.32 Å². The molecule has 0 fully saturated rings. The molecule has 0 aliphatic rings. The number of carbonyl (C=O) groups is 1. The van der Waals surface area contributed by atoms with Crippen LogP contribution in [0.3, 0.4) is 0 Å². The van der Waals surface area contributed by atoms with Gasteiger partial charge in [0.1, 0.15) is 17.5 Å². The van der Waals surface area contributed by atoms with Crippen molar-refractivity contribution < 1.29 is 4.79 Å². The van der Waals surface area contributed by atoms with Crippen molar-refractivity contribution >= 4 is 39.1 Å². The number of carbonyl (C=O) groups excluding carboxylic acids is 1. The van der Waals surface area contributed by atoms with Crippen molar-refractivity contribution in [1.82, 2.24) is 29.9 Å². The first-order valence-corrected chi connectivity index (χ1v) is 11.2. The smallest absolute Gasteiger partial charge is 0.261 e. The quantitative estimate of drug-likeness (QED) is 0.399. The standard InChI is InChI=1S/C23H19ClN6OS/c1-15-19-10-21(32-23(19)29(28-15)12-17-4-2-3-5-20(17)24)22(31)26-11-16-6-8-18(9-7-16)30-14-25-13-27-30/h2-10,13-14H,11-12H2,1H3,(H,26,31). The van der Waals surface area contributed by atoms with Crippen LogP contribution in [0.1, 0.15) is 26.5 Å². The number of amides is 1. The summed E-state index contributed by atoms with van der Waals surface area (Å²) in [7, 11) is 0. The molecule has 3 heterocycles. The molecule has 0 bridgehead atoms. The zero-order chi connectivity index (χ0) is 22.1. The van der Waals surface area contributed by atoms with E-state index in [2.05, 4.69) is 20.5 Å². The van der Waals surface area contributed by atoms with E-state index in [1.807, 2.05) is 66.2 Å². The van der Waals surface area contributed by atoms with Crippen molar-refractivity contribution in [3.8, 4) is 5.69 Å². The van der Waals surface area contributed by atoms with Crippen molar-refractivity contribution in [1.29, 1.82) is 0 Å². The highest BCUT2D eigenvalue weighted by molar-refractivity contribution is 7.20. The summed E-state index contributed by atoms with van der Waals surface area (Å²) in [5.41, 5.74) is 3.81. The third kappa shape index (κ3) is 4.02. The number of halogens is 1. The maximum absolute atomic E-state index is 12.8. The van der Waals surface area contributed by atoms with E-state index in [1.54, 1.807) is 11.0 Å². The highest BCUT2D eigenvalue weighted by Gasteiger charge is 2.17. The Bertz CT molecular complexity index is 1390. The summed E-state index contributed by atoms with van der Waals surface area (Å²) in [6.45, 7) is 2.95. The van der Waals surface area contributed by atoms with E-state index in [4.69, 9.17) is 11.6 Å². The van der Waals surface area contributed by atoms with Crippen LogP contribution >= 0.6 is 22.9 Å². The molecule has 3 aromatic heterocycles. The summed E-state index contributed by atoms with van der Waals surface area (Å²) in [4.78, 5) is 18.4. The number of aryl methyl sites for hydroxylation is 1. The lowest BCUT2D eigenvalue weighted by Gasteiger charge is -2.06. The molecular formula is C23H19ClN6OS. The lowest BCUT2D eigenvalue weighted by molar-refractivity contribution is 0.0955. The number of benzene rings is 2. The average molecular weight is 463 g/mol. The third-order valence-corrected chi connectivity index (χ3v) is 6.70. The van der Waals surface area contributed by atoms with Crippen LogP contribution in [-0.4, -0.2) is 30.5 Å². The molecule has 160 valence electrons. The van der Waals surface area contributed by atoms with E-state index in [-0.39, 0.29) is 5.91 Å². The molecule has 0 unspecified atom stereocenters. The zero-order valence-corrected chi connectivity index (χ0v) is 18.8. The highest BCUT2D eigenvalue weighted by Crippen LogP contribution is 2.29. The maximum atomic E-state index is 12.8. The van der Waals surface area contributed by atoms with Gasteiger partial charge in [-0.3, -0.25) is 9.48 Å². The molecule has 0 saturated heterocycles. The Kier molecular flexibility index (Phi) is 5.46. The summed E-state index contributed by atoms with van der Waals surface area (Å²) >= 11 is 7.76. The zero-order valence-electron chi connectivity index (χ0n) is 17.2. The molecule has 5 rings (SSSR count). The van der Waals surface area contributed by atoms with Crippen LogP contribution in [-0.2, 0) is 13.1 Å². The van der Waals surface area contributed by atoms with Gasteiger partial charge in [-0.15, -0.1) is 11.3 Å². The maximum Gasteiger partial charge on any atom is 0.261 e. The van der Waals surface area contributed by atoms with E-state index < -0.39 is 0 Å². The second kappa shape index (κ2) is 8.57. The van der Waals surface area contributed by atoms with Gasteiger partial charge in [0.15, 0.2) is 0 Å². The molecule has 0 spiro atoms. The average Bonchev–Trinajstić information content (AvgIpc) is 3.54. The number of rotatable bonds is 6. The van der Waals surface area contributed by atoms with Crippen LogP contribution in [0, 0.1) is 6.92 Å². The van der Waals surface area contributed by atoms with Crippen LogP contribution in [0.5, 0.6) is 0 Å². The molecule has 0 aliphatic heterocycles. The summed E-state index contributed by atoms with van der Waals surface area (Å²) in [5, 5.41) is 13.4. The predicted molar refractivity (Wildman–Crippen MR) is 125 cm³/mol. The molecule has 1 N–H and O–H groups in total. The van der Waals surface area contributed by atoms with Crippen LogP contribution in [0.2, 0.25) is 5.02 Å². The normalized spacial score (nSPS) is 11.2. The van der Waals surface area contributed by atoms with Crippen molar-refractivity contribution in [2.75, 3.05) is 0 Å². The Morgan fingerprint density at radius 3 is 2.72 bits per heavy atom. The van der Waals surface area contributed by atoms with Crippen molar-refractivity contribution in [3.05, 3.63) is 94.0 Å². The Labute approximate surface area is 193 Å². The molecule has 7 nitrogen and oxygen atoms in total.